The molecule has 0 spiro atoms. The number of rotatable bonds is 21. The number of carbonyl (C=O) groups is 1. The Hall–Kier alpha value is -2.95. The van der Waals surface area contributed by atoms with Gasteiger partial charge in [-0.05, 0) is 106 Å². The molecule has 0 aromatic heterocycles. The fourth-order valence-corrected chi connectivity index (χ4v) is 14.4. The molecule has 47 heavy (non-hydrogen) atoms. The molecule has 3 rings (SSSR count). The number of ether oxygens (including phenoxy) is 3. The summed E-state index contributed by atoms with van der Waals surface area (Å²) in [6.45, 7) is 15.9. The lowest BCUT2D eigenvalue weighted by Crippen LogP contribution is -2.44. The van der Waals surface area contributed by atoms with Gasteiger partial charge in [0.05, 0.1) is 18.3 Å². The van der Waals surface area contributed by atoms with Crippen LogP contribution in [0, 0.1) is 5.82 Å². The lowest BCUT2D eigenvalue weighted by molar-refractivity contribution is 0.0734. The van der Waals surface area contributed by atoms with Gasteiger partial charge in [0, 0.05) is 6.04 Å². The Morgan fingerprint density at radius 2 is 1.28 bits per heavy atom. The van der Waals surface area contributed by atoms with Crippen LogP contribution >= 0.6 is 0 Å². The minimum absolute atomic E-state index is 0.152. The highest BCUT2D eigenvalue weighted by molar-refractivity contribution is 6.84. The van der Waals surface area contributed by atoms with Crippen molar-refractivity contribution in [3.05, 3.63) is 78.1 Å². The van der Waals surface area contributed by atoms with E-state index in [9.17, 15) is 4.79 Å². The Balaban J connectivity index is 1.42. The van der Waals surface area contributed by atoms with Gasteiger partial charge in [-0.15, -0.1) is 0 Å². The molecule has 3 aromatic carbocycles. The lowest BCUT2D eigenvalue weighted by atomic mass is 10.1. The number of carbonyl (C=O) groups excluding carboxylic acids is 1. The highest BCUT2D eigenvalue weighted by Gasteiger charge is 2.32. The molecule has 0 fully saturated rings. The molecule has 0 saturated heterocycles. The first-order valence-electron chi connectivity index (χ1n) is 17.6. The molecule has 0 heterocycles. The van der Waals surface area contributed by atoms with E-state index in [2.05, 4.69) is 39.7 Å². The smallest absolute Gasteiger partial charge is 0.343 e. The summed E-state index contributed by atoms with van der Waals surface area (Å²) in [5, 5.41) is 0. The van der Waals surface area contributed by atoms with Crippen LogP contribution in [0.15, 0.2) is 66.7 Å². The van der Waals surface area contributed by atoms with Crippen LogP contribution in [0.5, 0.6) is 17.2 Å². The Morgan fingerprint density at radius 3 is 1.85 bits per heavy atom. The molecule has 0 N–H and O–H groups in total. The van der Waals surface area contributed by atoms with Gasteiger partial charge in [-0.25, -0.2) is 9.18 Å². The van der Waals surface area contributed by atoms with Crippen LogP contribution in [0.25, 0.3) is 11.1 Å². The predicted molar refractivity (Wildman–Crippen MR) is 197 cm³/mol. The van der Waals surface area contributed by atoms with E-state index >= 15 is 4.39 Å². The lowest BCUT2D eigenvalue weighted by Gasteiger charge is -2.33. The minimum atomic E-state index is -1.92. The highest BCUT2D eigenvalue weighted by atomic mass is 28.4. The van der Waals surface area contributed by atoms with Crippen molar-refractivity contribution in [1.82, 2.24) is 0 Å². The SMILES string of the molecule is CCCCCCCCCCCCOc1ccc(C(=O)Oc2ccc(-c3ccc(OC(C)C[Si](C)(C)O[Si](C)(C)C)c(F)c3)cc2)cc1. The number of hydrogen-bond acceptors (Lipinski definition) is 5. The van der Waals surface area contributed by atoms with Crippen molar-refractivity contribution in [3.63, 3.8) is 0 Å². The summed E-state index contributed by atoms with van der Waals surface area (Å²) < 4.78 is 38.9. The molecular formula is C39H57FO5Si2. The zero-order chi connectivity index (χ0) is 34.3. The van der Waals surface area contributed by atoms with Crippen molar-refractivity contribution in [2.75, 3.05) is 6.61 Å². The number of benzene rings is 3. The third-order valence-electron chi connectivity index (χ3n) is 7.88. The fraction of sp³-hybridized carbons (Fsp3) is 0.513. The van der Waals surface area contributed by atoms with Crippen molar-refractivity contribution in [2.24, 2.45) is 0 Å². The van der Waals surface area contributed by atoms with Crippen molar-refractivity contribution >= 4 is 22.6 Å². The molecule has 0 aliphatic carbocycles. The second-order valence-electron chi connectivity index (χ2n) is 14.2. The standard InChI is InChI=1S/C39H57FO5Si2/c1-8-9-10-11-12-13-14-15-16-17-28-42-35-23-20-33(21-24-35)39(41)44-36-25-18-32(19-26-36)34-22-27-38(37(40)29-34)43-31(2)30-47(6,7)45-46(3,4)5/h18-27,29,31H,8-17,28,30H2,1-7H3. The van der Waals surface area contributed by atoms with E-state index < -0.39 is 28.4 Å². The average Bonchev–Trinajstić information content (AvgIpc) is 3.00. The number of esters is 1. The molecule has 3 aromatic rings. The van der Waals surface area contributed by atoms with Gasteiger partial charge < -0.3 is 18.3 Å². The Kier molecular flexibility index (Phi) is 15.7. The van der Waals surface area contributed by atoms with Gasteiger partial charge in [0.1, 0.15) is 11.5 Å². The number of hydrogen-bond donors (Lipinski definition) is 0. The summed E-state index contributed by atoms with van der Waals surface area (Å²) in [6, 6.07) is 19.9. The maximum Gasteiger partial charge on any atom is 0.343 e. The maximum atomic E-state index is 15.0. The summed E-state index contributed by atoms with van der Waals surface area (Å²) in [7, 11) is -3.57. The van der Waals surface area contributed by atoms with E-state index in [1.807, 2.05) is 37.3 Å². The van der Waals surface area contributed by atoms with Crippen LogP contribution in [-0.2, 0) is 4.12 Å². The van der Waals surface area contributed by atoms with Gasteiger partial charge >= 0.3 is 5.97 Å². The van der Waals surface area contributed by atoms with Crippen molar-refractivity contribution in [2.45, 2.75) is 123 Å². The Bertz CT molecular complexity index is 1350. The van der Waals surface area contributed by atoms with Crippen LogP contribution in [0.2, 0.25) is 38.8 Å². The van der Waals surface area contributed by atoms with Crippen LogP contribution in [0.3, 0.4) is 0 Å². The summed E-state index contributed by atoms with van der Waals surface area (Å²) >= 11 is 0. The summed E-state index contributed by atoms with van der Waals surface area (Å²) in [5.41, 5.74) is 1.97. The van der Waals surface area contributed by atoms with Crippen molar-refractivity contribution < 1.29 is 27.5 Å². The molecule has 0 aliphatic rings. The third-order valence-corrected chi connectivity index (χ3v) is 14.1. The zero-order valence-electron chi connectivity index (χ0n) is 29.8. The molecule has 5 nitrogen and oxygen atoms in total. The molecule has 0 bridgehead atoms. The van der Waals surface area contributed by atoms with Crippen LogP contribution in [-0.4, -0.2) is 35.3 Å². The van der Waals surface area contributed by atoms with Gasteiger partial charge in [0.2, 0.25) is 0 Å². The Labute approximate surface area is 285 Å². The van der Waals surface area contributed by atoms with E-state index in [-0.39, 0.29) is 11.9 Å². The van der Waals surface area contributed by atoms with Crippen LogP contribution in [0.4, 0.5) is 4.39 Å². The van der Waals surface area contributed by atoms with Gasteiger partial charge in [-0.1, -0.05) is 82.9 Å². The maximum absolute atomic E-state index is 15.0. The first-order valence-corrected chi connectivity index (χ1v) is 24.1. The molecule has 1 unspecified atom stereocenters. The minimum Gasteiger partial charge on any atom is -0.494 e. The topological polar surface area (TPSA) is 54.0 Å². The van der Waals surface area contributed by atoms with Crippen molar-refractivity contribution in [3.8, 4) is 28.4 Å². The van der Waals surface area contributed by atoms with E-state index in [0.717, 1.165) is 23.8 Å². The first kappa shape index (κ1) is 38.5. The second-order valence-corrected chi connectivity index (χ2v) is 23.2. The van der Waals surface area contributed by atoms with Crippen LogP contribution < -0.4 is 14.2 Å². The van der Waals surface area contributed by atoms with Gasteiger partial charge in [0.15, 0.2) is 28.2 Å². The molecule has 0 aliphatic heterocycles. The van der Waals surface area contributed by atoms with Gasteiger partial charge in [0.25, 0.3) is 0 Å². The number of unbranched alkanes of at least 4 members (excludes halogenated alkanes) is 9. The summed E-state index contributed by atoms with van der Waals surface area (Å²) in [4.78, 5) is 12.7. The van der Waals surface area contributed by atoms with E-state index in [1.165, 1.54) is 63.9 Å². The van der Waals surface area contributed by atoms with Gasteiger partial charge in [-0.2, -0.15) is 0 Å². The quantitative estimate of drug-likeness (QED) is 0.0485. The zero-order valence-corrected chi connectivity index (χ0v) is 31.8. The molecule has 0 amide bonds. The molecule has 258 valence electrons. The number of halogens is 1. The summed E-state index contributed by atoms with van der Waals surface area (Å²) in [6.07, 6.45) is 12.7. The van der Waals surface area contributed by atoms with Crippen LogP contribution in [0.1, 0.15) is 88.4 Å². The molecular weight excluding hydrogens is 624 g/mol. The highest BCUT2D eigenvalue weighted by Crippen LogP contribution is 2.29. The molecule has 0 radical (unpaired) electrons. The molecule has 0 saturated carbocycles. The first-order chi connectivity index (χ1) is 22.3. The molecule has 1 atom stereocenters. The molecule has 8 heteroatoms. The van der Waals surface area contributed by atoms with Gasteiger partial charge in [-0.3, -0.25) is 0 Å². The van der Waals surface area contributed by atoms with E-state index in [1.54, 1.807) is 30.3 Å². The van der Waals surface area contributed by atoms with Crippen molar-refractivity contribution in [1.29, 1.82) is 0 Å². The Morgan fingerprint density at radius 1 is 0.723 bits per heavy atom. The fourth-order valence-electron chi connectivity index (χ4n) is 5.95. The summed E-state index contributed by atoms with van der Waals surface area (Å²) in [5.74, 6) is 0.552. The normalized spacial score (nSPS) is 12.5. The largest absolute Gasteiger partial charge is 0.494 e. The van der Waals surface area contributed by atoms with E-state index in [0.29, 0.717) is 23.5 Å². The van der Waals surface area contributed by atoms with E-state index in [4.69, 9.17) is 18.3 Å². The monoisotopic (exact) mass is 680 g/mol. The predicted octanol–water partition coefficient (Wildman–Crippen LogP) is 11.8. The third kappa shape index (κ3) is 14.8. The second kappa shape index (κ2) is 19.2. The average molecular weight is 681 g/mol.